The van der Waals surface area contributed by atoms with Crippen LogP contribution in [0.15, 0.2) is 61.1 Å². The lowest BCUT2D eigenvalue weighted by Crippen LogP contribution is -2.11. The first-order chi connectivity index (χ1) is 16.7. The van der Waals surface area contributed by atoms with E-state index in [2.05, 4.69) is 45.9 Å². The van der Waals surface area contributed by atoms with Crippen LogP contribution in [-0.4, -0.2) is 32.7 Å². The summed E-state index contributed by atoms with van der Waals surface area (Å²) < 4.78 is 8.04. The quantitative estimate of drug-likeness (QED) is 0.388. The number of anilines is 3. The molecule has 1 unspecified atom stereocenters. The van der Waals surface area contributed by atoms with Crippen LogP contribution in [0.1, 0.15) is 42.0 Å². The number of nitrogens with one attached hydrogen (secondary N) is 2. The SMILES string of the molecule is Clc1cn(-c2ccc3cc2OCCCCNc2nc(nc4c2CCC4c2ccccc2)N3)cn1. The second kappa shape index (κ2) is 8.99. The third-order valence-corrected chi connectivity index (χ3v) is 6.62. The number of imidazole rings is 1. The Balaban J connectivity index is 1.40. The predicted molar refractivity (Wildman–Crippen MR) is 134 cm³/mol. The fourth-order valence-electron chi connectivity index (χ4n) is 4.77. The minimum atomic E-state index is 0.281. The second-order valence-electron chi connectivity index (χ2n) is 8.66. The molecule has 2 N–H and O–H groups in total. The Bertz CT molecular complexity index is 1320. The van der Waals surface area contributed by atoms with Crippen LogP contribution in [0.25, 0.3) is 5.69 Å². The predicted octanol–water partition coefficient (Wildman–Crippen LogP) is 5.72. The molecular weight excluding hydrogens is 448 g/mol. The summed E-state index contributed by atoms with van der Waals surface area (Å²) in [5, 5.41) is 7.43. The Labute approximate surface area is 203 Å². The number of ether oxygens (including phenoxy) is 1. The van der Waals surface area contributed by atoms with Gasteiger partial charge in [-0.1, -0.05) is 41.9 Å². The maximum absolute atomic E-state index is 6.17. The Morgan fingerprint density at radius 2 is 1.97 bits per heavy atom. The van der Waals surface area contributed by atoms with E-state index in [4.69, 9.17) is 26.3 Å². The molecule has 4 aromatic rings. The zero-order valence-electron chi connectivity index (χ0n) is 18.7. The van der Waals surface area contributed by atoms with Gasteiger partial charge in [-0.2, -0.15) is 4.98 Å². The molecule has 2 aromatic heterocycles. The van der Waals surface area contributed by atoms with Gasteiger partial charge in [0.05, 0.1) is 18.0 Å². The lowest BCUT2D eigenvalue weighted by atomic mass is 9.97. The normalized spacial score (nSPS) is 17.3. The number of nitrogens with zero attached hydrogens (tertiary/aromatic N) is 4. The Hall–Kier alpha value is -3.58. The largest absolute Gasteiger partial charge is 0.491 e. The average Bonchev–Trinajstić information content (AvgIpc) is 3.48. The molecule has 2 aliphatic rings. The van der Waals surface area contributed by atoms with Crippen molar-refractivity contribution in [3.63, 3.8) is 0 Å². The first-order valence-electron chi connectivity index (χ1n) is 11.7. The molecule has 4 bridgehead atoms. The van der Waals surface area contributed by atoms with Crippen molar-refractivity contribution in [1.29, 1.82) is 0 Å². The van der Waals surface area contributed by atoms with Gasteiger partial charge in [-0.05, 0) is 43.4 Å². The minimum Gasteiger partial charge on any atom is -0.491 e. The molecule has 6 rings (SSSR count). The van der Waals surface area contributed by atoms with Gasteiger partial charge in [-0.15, -0.1) is 0 Å². The van der Waals surface area contributed by atoms with Crippen LogP contribution >= 0.6 is 11.6 Å². The van der Waals surface area contributed by atoms with Crippen molar-refractivity contribution < 1.29 is 4.74 Å². The summed E-state index contributed by atoms with van der Waals surface area (Å²) in [5.74, 6) is 2.57. The molecule has 0 saturated heterocycles. The number of halogens is 1. The van der Waals surface area contributed by atoms with Gasteiger partial charge in [0, 0.05) is 36.0 Å². The molecule has 8 heteroatoms. The summed E-state index contributed by atoms with van der Waals surface area (Å²) in [6, 6.07) is 16.6. The first kappa shape index (κ1) is 21.0. The molecule has 0 radical (unpaired) electrons. The smallest absolute Gasteiger partial charge is 0.229 e. The van der Waals surface area contributed by atoms with Crippen LogP contribution in [0, 0.1) is 0 Å². The zero-order chi connectivity index (χ0) is 22.9. The van der Waals surface area contributed by atoms with Crippen molar-refractivity contribution in [3.05, 3.63) is 83.0 Å². The molecule has 2 aromatic carbocycles. The Morgan fingerprint density at radius 3 is 2.82 bits per heavy atom. The summed E-state index contributed by atoms with van der Waals surface area (Å²) in [7, 11) is 0. The summed E-state index contributed by atoms with van der Waals surface area (Å²) in [6.45, 7) is 1.46. The second-order valence-corrected chi connectivity index (χ2v) is 9.04. The van der Waals surface area contributed by atoms with E-state index in [1.54, 1.807) is 12.5 Å². The maximum atomic E-state index is 6.17. The van der Waals surface area contributed by atoms with Gasteiger partial charge >= 0.3 is 0 Å². The van der Waals surface area contributed by atoms with Gasteiger partial charge < -0.3 is 19.9 Å². The van der Waals surface area contributed by atoms with Crippen molar-refractivity contribution in [2.24, 2.45) is 0 Å². The molecular formula is C26H25ClN6O. The highest BCUT2D eigenvalue weighted by Gasteiger charge is 2.29. The highest BCUT2D eigenvalue weighted by atomic mass is 35.5. The van der Waals surface area contributed by atoms with Crippen molar-refractivity contribution in [3.8, 4) is 11.4 Å². The first-order valence-corrected chi connectivity index (χ1v) is 12.1. The maximum Gasteiger partial charge on any atom is 0.229 e. The number of hydrogen-bond donors (Lipinski definition) is 2. The van der Waals surface area contributed by atoms with Crippen LogP contribution in [0.3, 0.4) is 0 Å². The van der Waals surface area contributed by atoms with E-state index < -0.39 is 0 Å². The van der Waals surface area contributed by atoms with Crippen LogP contribution in [-0.2, 0) is 6.42 Å². The highest BCUT2D eigenvalue weighted by molar-refractivity contribution is 6.29. The third kappa shape index (κ3) is 4.07. The summed E-state index contributed by atoms with van der Waals surface area (Å²) in [5.41, 5.74) is 5.40. The number of fused-ring (bicyclic) bond motifs is 6. The van der Waals surface area contributed by atoms with Crippen molar-refractivity contribution in [2.45, 2.75) is 31.6 Å². The third-order valence-electron chi connectivity index (χ3n) is 6.42. The van der Waals surface area contributed by atoms with Gasteiger partial charge in [-0.3, -0.25) is 0 Å². The molecule has 3 heterocycles. The molecule has 172 valence electrons. The van der Waals surface area contributed by atoms with Gasteiger partial charge in [0.2, 0.25) is 5.95 Å². The van der Waals surface area contributed by atoms with E-state index >= 15 is 0 Å². The molecule has 0 fully saturated rings. The molecule has 34 heavy (non-hydrogen) atoms. The van der Waals surface area contributed by atoms with E-state index in [9.17, 15) is 0 Å². The van der Waals surface area contributed by atoms with E-state index in [1.807, 2.05) is 22.8 Å². The van der Waals surface area contributed by atoms with Crippen molar-refractivity contribution in [2.75, 3.05) is 23.8 Å². The summed E-state index contributed by atoms with van der Waals surface area (Å²) >= 11 is 6.05. The monoisotopic (exact) mass is 472 g/mol. The summed E-state index contributed by atoms with van der Waals surface area (Å²) in [4.78, 5) is 14.0. The lowest BCUT2D eigenvalue weighted by molar-refractivity contribution is 0.307. The standard InChI is InChI=1S/C26H25ClN6O/c27-23-15-33(16-29-23)21-11-8-18-14-22(21)34-13-5-4-12-28-25-20-10-9-19(17-6-2-1-3-7-17)24(20)31-26(30-18)32-25/h1-3,6-8,11,14-16,19H,4-5,9-10,12-13H2,(H2,28,30,31,32). The molecule has 0 spiro atoms. The molecule has 1 aliphatic heterocycles. The number of benzene rings is 2. The van der Waals surface area contributed by atoms with Gasteiger partial charge in [0.1, 0.15) is 23.0 Å². The number of hydrogen-bond acceptors (Lipinski definition) is 6. The summed E-state index contributed by atoms with van der Waals surface area (Å²) in [6.07, 6.45) is 7.40. The zero-order valence-corrected chi connectivity index (χ0v) is 19.4. The van der Waals surface area contributed by atoms with E-state index in [-0.39, 0.29) is 5.92 Å². The van der Waals surface area contributed by atoms with E-state index in [0.29, 0.717) is 17.7 Å². The van der Waals surface area contributed by atoms with Crippen LogP contribution < -0.4 is 15.4 Å². The highest BCUT2D eigenvalue weighted by Crippen LogP contribution is 2.40. The average molecular weight is 473 g/mol. The van der Waals surface area contributed by atoms with Gasteiger partial charge in [-0.25, -0.2) is 9.97 Å². The lowest BCUT2D eigenvalue weighted by Gasteiger charge is -2.16. The van der Waals surface area contributed by atoms with E-state index in [0.717, 1.165) is 60.9 Å². The molecule has 1 aliphatic carbocycles. The molecule has 0 amide bonds. The van der Waals surface area contributed by atoms with Crippen LogP contribution in [0.5, 0.6) is 5.75 Å². The van der Waals surface area contributed by atoms with Crippen molar-refractivity contribution in [1.82, 2.24) is 19.5 Å². The van der Waals surface area contributed by atoms with Crippen molar-refractivity contribution >= 4 is 29.1 Å². The van der Waals surface area contributed by atoms with Crippen LogP contribution in [0.2, 0.25) is 5.15 Å². The molecule has 0 saturated carbocycles. The number of rotatable bonds is 2. The Kier molecular flexibility index (Phi) is 5.55. The fraction of sp³-hybridized carbons (Fsp3) is 0.269. The topological polar surface area (TPSA) is 76.9 Å². The van der Waals surface area contributed by atoms with Crippen LogP contribution in [0.4, 0.5) is 17.5 Å². The number of aromatic nitrogens is 4. The minimum absolute atomic E-state index is 0.281. The molecule has 1 atom stereocenters. The molecule has 7 nitrogen and oxygen atoms in total. The Morgan fingerprint density at radius 1 is 1.06 bits per heavy atom. The van der Waals surface area contributed by atoms with Gasteiger partial charge in [0.25, 0.3) is 0 Å². The van der Waals surface area contributed by atoms with E-state index in [1.165, 1.54) is 11.1 Å². The van der Waals surface area contributed by atoms with Gasteiger partial charge in [0.15, 0.2) is 0 Å². The fourth-order valence-corrected chi connectivity index (χ4v) is 4.92.